The third kappa shape index (κ3) is 2.63. The number of ether oxygens (including phenoxy) is 1. The van der Waals surface area contributed by atoms with Crippen molar-refractivity contribution >= 4 is 5.69 Å². The van der Waals surface area contributed by atoms with E-state index in [1.807, 2.05) is 6.92 Å². The van der Waals surface area contributed by atoms with Gasteiger partial charge < -0.3 is 20.1 Å². The number of aliphatic hydroxyl groups is 3. The Morgan fingerprint density at radius 3 is 2.39 bits per heavy atom. The van der Waals surface area contributed by atoms with Gasteiger partial charge in [0.2, 0.25) is 0 Å². The predicted molar refractivity (Wildman–Crippen MR) is 63.0 cm³/mol. The monoisotopic (exact) mass is 255 g/mol. The minimum Gasteiger partial charge on any atom is -0.390 e. The topological polar surface area (TPSA) is 93.4 Å². The van der Waals surface area contributed by atoms with Gasteiger partial charge in [-0.05, 0) is 19.1 Å². The highest BCUT2D eigenvalue weighted by molar-refractivity contribution is 5.45. The van der Waals surface area contributed by atoms with Crippen LogP contribution in [0.25, 0.3) is 0 Å². The SMILES string of the molecule is Cc1ccc(N(O)C2OC(O)CC(O)C2O)cc1. The molecule has 4 N–H and O–H groups in total. The maximum atomic E-state index is 9.97. The van der Waals surface area contributed by atoms with Gasteiger partial charge in [0.1, 0.15) is 6.10 Å². The lowest BCUT2D eigenvalue weighted by Crippen LogP contribution is -2.55. The molecule has 2 rings (SSSR count). The zero-order valence-corrected chi connectivity index (χ0v) is 9.97. The first-order valence-corrected chi connectivity index (χ1v) is 5.73. The smallest absolute Gasteiger partial charge is 0.185 e. The van der Waals surface area contributed by atoms with E-state index in [2.05, 4.69) is 0 Å². The van der Waals surface area contributed by atoms with E-state index in [-0.39, 0.29) is 6.42 Å². The molecule has 4 unspecified atom stereocenters. The van der Waals surface area contributed by atoms with E-state index >= 15 is 0 Å². The summed E-state index contributed by atoms with van der Waals surface area (Å²) in [4.78, 5) is 0. The second kappa shape index (κ2) is 5.21. The fourth-order valence-corrected chi connectivity index (χ4v) is 1.88. The summed E-state index contributed by atoms with van der Waals surface area (Å²) in [6.07, 6.45) is -4.93. The Labute approximate surface area is 105 Å². The molecule has 1 aromatic rings. The molecule has 0 radical (unpaired) electrons. The molecule has 1 saturated heterocycles. The molecular formula is C12H17NO5. The number of benzene rings is 1. The Kier molecular flexibility index (Phi) is 3.84. The number of nitrogens with zero attached hydrogens (tertiary/aromatic N) is 1. The maximum absolute atomic E-state index is 9.97. The van der Waals surface area contributed by atoms with E-state index in [0.717, 1.165) is 5.56 Å². The van der Waals surface area contributed by atoms with Crippen LogP contribution in [0.4, 0.5) is 5.69 Å². The normalized spacial score (nSPS) is 32.3. The van der Waals surface area contributed by atoms with Crippen LogP contribution < -0.4 is 5.06 Å². The average Bonchev–Trinajstić information content (AvgIpc) is 2.34. The first-order valence-electron chi connectivity index (χ1n) is 5.73. The molecule has 6 heteroatoms. The van der Waals surface area contributed by atoms with Gasteiger partial charge in [0, 0.05) is 6.42 Å². The van der Waals surface area contributed by atoms with Crippen LogP contribution in [-0.2, 0) is 4.74 Å². The molecule has 1 fully saturated rings. The molecule has 1 aliphatic heterocycles. The van der Waals surface area contributed by atoms with E-state index in [9.17, 15) is 20.5 Å². The second-order valence-electron chi connectivity index (χ2n) is 4.46. The number of rotatable bonds is 2. The summed E-state index contributed by atoms with van der Waals surface area (Å²) < 4.78 is 5.04. The molecule has 0 spiro atoms. The summed E-state index contributed by atoms with van der Waals surface area (Å²) in [6, 6.07) is 6.89. The largest absolute Gasteiger partial charge is 0.390 e. The number of hydroxylamine groups is 1. The predicted octanol–water partition coefficient (Wildman–Crippen LogP) is -0.0228. The Morgan fingerprint density at radius 2 is 1.78 bits per heavy atom. The molecule has 0 aromatic heterocycles. The molecule has 4 atom stereocenters. The summed E-state index contributed by atoms with van der Waals surface area (Å²) in [7, 11) is 0. The molecule has 6 nitrogen and oxygen atoms in total. The van der Waals surface area contributed by atoms with E-state index in [1.165, 1.54) is 0 Å². The van der Waals surface area contributed by atoms with Gasteiger partial charge in [-0.2, -0.15) is 0 Å². The molecule has 1 heterocycles. The third-order valence-corrected chi connectivity index (χ3v) is 2.97. The van der Waals surface area contributed by atoms with Crippen LogP contribution in [0, 0.1) is 6.92 Å². The summed E-state index contributed by atoms with van der Waals surface area (Å²) >= 11 is 0. The van der Waals surface area contributed by atoms with Crippen LogP contribution in [-0.4, -0.2) is 45.3 Å². The van der Waals surface area contributed by atoms with Crippen LogP contribution in [0.5, 0.6) is 0 Å². The van der Waals surface area contributed by atoms with Crippen molar-refractivity contribution in [2.75, 3.05) is 5.06 Å². The van der Waals surface area contributed by atoms with Crippen LogP contribution in [0.2, 0.25) is 0 Å². The number of anilines is 1. The van der Waals surface area contributed by atoms with Crippen LogP contribution in [0.15, 0.2) is 24.3 Å². The number of hydrogen-bond donors (Lipinski definition) is 4. The van der Waals surface area contributed by atoms with Crippen molar-refractivity contribution in [2.24, 2.45) is 0 Å². The van der Waals surface area contributed by atoms with Crippen molar-refractivity contribution < 1.29 is 25.3 Å². The zero-order valence-electron chi connectivity index (χ0n) is 9.97. The maximum Gasteiger partial charge on any atom is 0.185 e. The molecule has 1 aliphatic rings. The summed E-state index contributed by atoms with van der Waals surface area (Å²) in [5.41, 5.74) is 1.43. The Hall–Kier alpha value is -1.18. The summed E-state index contributed by atoms with van der Waals surface area (Å²) in [5, 5.41) is 39.3. The lowest BCUT2D eigenvalue weighted by Gasteiger charge is -2.39. The van der Waals surface area contributed by atoms with E-state index in [1.54, 1.807) is 24.3 Å². The minimum absolute atomic E-state index is 0.0839. The van der Waals surface area contributed by atoms with Crippen molar-refractivity contribution in [1.82, 2.24) is 0 Å². The average molecular weight is 255 g/mol. The van der Waals surface area contributed by atoms with Gasteiger partial charge in [0.05, 0.1) is 11.8 Å². The van der Waals surface area contributed by atoms with Gasteiger partial charge in [-0.15, -0.1) is 0 Å². The van der Waals surface area contributed by atoms with Gasteiger partial charge in [-0.1, -0.05) is 17.7 Å². The molecule has 1 aromatic carbocycles. The van der Waals surface area contributed by atoms with Crippen LogP contribution >= 0.6 is 0 Å². The molecule has 0 bridgehead atoms. The van der Waals surface area contributed by atoms with Crippen molar-refractivity contribution in [1.29, 1.82) is 0 Å². The summed E-state index contributed by atoms with van der Waals surface area (Å²) in [6.45, 7) is 1.91. The molecule has 18 heavy (non-hydrogen) atoms. The van der Waals surface area contributed by atoms with Gasteiger partial charge in [0.15, 0.2) is 12.5 Å². The van der Waals surface area contributed by atoms with Crippen LogP contribution in [0.1, 0.15) is 12.0 Å². The van der Waals surface area contributed by atoms with Crippen molar-refractivity contribution in [3.05, 3.63) is 29.8 Å². The Bertz CT molecular complexity index is 396. The Morgan fingerprint density at radius 1 is 1.17 bits per heavy atom. The molecule has 100 valence electrons. The highest BCUT2D eigenvalue weighted by Crippen LogP contribution is 2.25. The van der Waals surface area contributed by atoms with Crippen LogP contribution in [0.3, 0.4) is 0 Å². The fraction of sp³-hybridized carbons (Fsp3) is 0.500. The highest BCUT2D eigenvalue weighted by Gasteiger charge is 2.39. The van der Waals surface area contributed by atoms with Crippen molar-refractivity contribution in [3.8, 4) is 0 Å². The second-order valence-corrected chi connectivity index (χ2v) is 4.46. The molecular weight excluding hydrogens is 238 g/mol. The first kappa shape index (κ1) is 13.3. The van der Waals surface area contributed by atoms with Gasteiger partial charge >= 0.3 is 0 Å². The fourth-order valence-electron chi connectivity index (χ4n) is 1.88. The van der Waals surface area contributed by atoms with Crippen molar-refractivity contribution in [3.63, 3.8) is 0 Å². The molecule has 0 aliphatic carbocycles. The highest BCUT2D eigenvalue weighted by atomic mass is 16.7. The standard InChI is InChI=1S/C12H17NO5/c1-7-2-4-8(5-3-7)13(17)12-11(16)9(14)6-10(15)18-12/h2-5,9-12,14-17H,6H2,1H3. The lowest BCUT2D eigenvalue weighted by atomic mass is 10.1. The lowest BCUT2D eigenvalue weighted by molar-refractivity contribution is -0.244. The van der Waals surface area contributed by atoms with E-state index in [0.29, 0.717) is 10.8 Å². The third-order valence-electron chi connectivity index (χ3n) is 2.97. The first-order chi connectivity index (χ1) is 8.49. The van der Waals surface area contributed by atoms with Gasteiger partial charge in [0.25, 0.3) is 0 Å². The molecule has 0 saturated carbocycles. The van der Waals surface area contributed by atoms with E-state index in [4.69, 9.17) is 4.74 Å². The minimum atomic E-state index is -1.29. The number of aryl methyl sites for hydroxylation is 1. The van der Waals surface area contributed by atoms with Gasteiger partial charge in [-0.25, -0.2) is 5.06 Å². The Balaban J connectivity index is 2.16. The quantitative estimate of drug-likeness (QED) is 0.555. The number of hydrogen-bond acceptors (Lipinski definition) is 6. The summed E-state index contributed by atoms with van der Waals surface area (Å²) in [5.74, 6) is 0. The zero-order chi connectivity index (χ0) is 13.3. The number of aliphatic hydroxyl groups excluding tert-OH is 3. The van der Waals surface area contributed by atoms with Crippen molar-refractivity contribution in [2.45, 2.75) is 38.1 Å². The molecule has 0 amide bonds. The van der Waals surface area contributed by atoms with E-state index < -0.39 is 24.7 Å². The van der Waals surface area contributed by atoms with Gasteiger partial charge in [-0.3, -0.25) is 5.21 Å².